The second kappa shape index (κ2) is 6.77. The molecule has 2 aliphatic heterocycles. The molecule has 3 N–H and O–H groups in total. The zero-order valence-corrected chi connectivity index (χ0v) is 15.6. The van der Waals surface area contributed by atoms with Crippen LogP contribution in [0.15, 0.2) is 42.0 Å². The monoisotopic (exact) mass is 397 g/mol. The number of amides is 4. The lowest BCUT2D eigenvalue weighted by Crippen LogP contribution is -2.60. The van der Waals surface area contributed by atoms with E-state index in [0.717, 1.165) is 5.56 Å². The van der Waals surface area contributed by atoms with Crippen LogP contribution in [-0.4, -0.2) is 53.0 Å². The van der Waals surface area contributed by atoms with Crippen molar-refractivity contribution in [2.24, 2.45) is 5.92 Å². The van der Waals surface area contributed by atoms with Crippen LogP contribution in [0.25, 0.3) is 0 Å². The molecule has 2 atom stereocenters. The van der Waals surface area contributed by atoms with Gasteiger partial charge < -0.3 is 20.1 Å². The predicted molar refractivity (Wildman–Crippen MR) is 100 cm³/mol. The van der Waals surface area contributed by atoms with E-state index < -0.39 is 29.4 Å². The average molecular weight is 397 g/mol. The third-order valence-electron chi connectivity index (χ3n) is 5.58. The van der Waals surface area contributed by atoms with Crippen LogP contribution < -0.4 is 15.4 Å². The summed E-state index contributed by atoms with van der Waals surface area (Å²) in [7, 11) is 1.51. The number of urea groups is 1. The standard InChI is InChI=1S/C20H19N3O6/c1-29-14-7-4-12-9-23(16(24)15(12)8-14)10-20(18(27)21-19(28)22-20)13-5-2-11(3-6-13)17(25)26/h2-5,7-8,13H,6,9-10H2,1H3,(H,25,26)(H2,21,22,27,28). The molecule has 0 radical (unpaired) electrons. The van der Waals surface area contributed by atoms with Gasteiger partial charge in [0.25, 0.3) is 11.8 Å². The number of methoxy groups -OCH3 is 1. The number of rotatable bonds is 5. The number of carbonyl (C=O) groups excluding carboxylic acids is 3. The summed E-state index contributed by atoms with van der Waals surface area (Å²) in [4.78, 5) is 50.3. The molecule has 0 aromatic heterocycles. The van der Waals surface area contributed by atoms with Crippen molar-refractivity contribution in [1.82, 2.24) is 15.5 Å². The molecule has 0 spiro atoms. The largest absolute Gasteiger partial charge is 0.497 e. The molecule has 1 saturated heterocycles. The molecule has 29 heavy (non-hydrogen) atoms. The Morgan fingerprint density at radius 2 is 2.14 bits per heavy atom. The molecule has 2 unspecified atom stereocenters. The molecule has 4 amide bonds. The second-order valence-electron chi connectivity index (χ2n) is 7.23. The van der Waals surface area contributed by atoms with Gasteiger partial charge in [-0.25, -0.2) is 9.59 Å². The van der Waals surface area contributed by atoms with E-state index in [1.807, 2.05) is 0 Å². The van der Waals surface area contributed by atoms with Crippen LogP contribution in [-0.2, 0) is 16.1 Å². The van der Waals surface area contributed by atoms with Gasteiger partial charge in [-0.3, -0.25) is 14.9 Å². The van der Waals surface area contributed by atoms with E-state index in [-0.39, 0.29) is 24.4 Å². The maximum Gasteiger partial charge on any atom is 0.335 e. The Balaban J connectivity index is 1.62. The van der Waals surface area contributed by atoms with E-state index in [1.165, 1.54) is 24.2 Å². The van der Waals surface area contributed by atoms with Gasteiger partial charge in [0.05, 0.1) is 19.2 Å². The van der Waals surface area contributed by atoms with Crippen LogP contribution >= 0.6 is 0 Å². The first-order chi connectivity index (χ1) is 13.8. The van der Waals surface area contributed by atoms with Gasteiger partial charge >= 0.3 is 12.0 Å². The number of nitrogens with one attached hydrogen (secondary N) is 2. The number of hydrogen-bond donors (Lipinski definition) is 3. The third kappa shape index (κ3) is 3.04. The highest BCUT2D eigenvalue weighted by Gasteiger charge is 2.53. The normalized spacial score (nSPS) is 25.4. The van der Waals surface area contributed by atoms with Crippen LogP contribution in [0, 0.1) is 5.92 Å². The van der Waals surface area contributed by atoms with Crippen LogP contribution in [0.1, 0.15) is 22.3 Å². The van der Waals surface area contributed by atoms with E-state index >= 15 is 0 Å². The molecule has 1 aromatic rings. The van der Waals surface area contributed by atoms with E-state index in [0.29, 0.717) is 17.9 Å². The number of hydrogen-bond acceptors (Lipinski definition) is 5. The first kappa shape index (κ1) is 18.7. The third-order valence-corrected chi connectivity index (χ3v) is 5.58. The number of carboxylic acids is 1. The Morgan fingerprint density at radius 1 is 1.34 bits per heavy atom. The van der Waals surface area contributed by atoms with Crippen LogP contribution in [0.5, 0.6) is 5.75 Å². The first-order valence-electron chi connectivity index (χ1n) is 9.05. The lowest BCUT2D eigenvalue weighted by atomic mass is 9.78. The molecular formula is C20H19N3O6. The van der Waals surface area contributed by atoms with Crippen molar-refractivity contribution >= 4 is 23.8 Å². The molecule has 0 bridgehead atoms. The number of benzene rings is 1. The molecule has 150 valence electrons. The molecule has 9 nitrogen and oxygen atoms in total. The fourth-order valence-electron chi connectivity index (χ4n) is 4.04. The minimum atomic E-state index is -1.38. The van der Waals surface area contributed by atoms with Gasteiger partial charge in [0.15, 0.2) is 0 Å². The van der Waals surface area contributed by atoms with E-state index in [4.69, 9.17) is 9.84 Å². The molecule has 4 rings (SSSR count). The molecule has 1 aromatic carbocycles. The predicted octanol–water partition coefficient (Wildman–Crippen LogP) is 0.816. The summed E-state index contributed by atoms with van der Waals surface area (Å²) in [6.45, 7) is 0.265. The average Bonchev–Trinajstić information content (AvgIpc) is 3.17. The maximum atomic E-state index is 12.9. The highest BCUT2D eigenvalue weighted by atomic mass is 16.5. The lowest BCUT2D eigenvalue weighted by Gasteiger charge is -2.36. The van der Waals surface area contributed by atoms with Gasteiger partial charge in [-0.05, 0) is 24.1 Å². The SMILES string of the molecule is COc1ccc2c(c1)C(=O)N(CC1(C3C=CC(C(=O)O)=CC3)NC(=O)NC1=O)C2. The Morgan fingerprint density at radius 3 is 2.72 bits per heavy atom. The molecule has 9 heteroatoms. The summed E-state index contributed by atoms with van der Waals surface area (Å²) >= 11 is 0. The van der Waals surface area contributed by atoms with Crippen LogP contribution in [0.4, 0.5) is 4.79 Å². The minimum absolute atomic E-state index is 0.0361. The van der Waals surface area contributed by atoms with Crippen molar-refractivity contribution in [2.75, 3.05) is 13.7 Å². The molecule has 2 heterocycles. The molecule has 1 fully saturated rings. The summed E-state index contributed by atoms with van der Waals surface area (Å²) in [6.07, 6.45) is 4.78. The van der Waals surface area contributed by atoms with Gasteiger partial charge in [0, 0.05) is 18.0 Å². The van der Waals surface area contributed by atoms with Crippen LogP contribution in [0.2, 0.25) is 0 Å². The van der Waals surface area contributed by atoms with Crippen molar-refractivity contribution < 1.29 is 29.0 Å². The summed E-state index contributed by atoms with van der Waals surface area (Å²) in [6, 6.07) is 4.58. The molecule has 0 saturated carbocycles. The summed E-state index contributed by atoms with van der Waals surface area (Å²) in [5, 5.41) is 14.1. The highest BCUT2D eigenvalue weighted by Crippen LogP contribution is 2.34. The maximum absolute atomic E-state index is 12.9. The first-order valence-corrected chi connectivity index (χ1v) is 9.05. The zero-order valence-electron chi connectivity index (χ0n) is 15.6. The zero-order chi connectivity index (χ0) is 20.8. The molecule has 1 aliphatic carbocycles. The minimum Gasteiger partial charge on any atom is -0.497 e. The number of allylic oxidation sites excluding steroid dienone is 1. The van der Waals surface area contributed by atoms with E-state index in [2.05, 4.69) is 10.6 Å². The van der Waals surface area contributed by atoms with Crippen molar-refractivity contribution in [3.05, 3.63) is 53.1 Å². The topological polar surface area (TPSA) is 125 Å². The molecular weight excluding hydrogens is 378 g/mol. The lowest BCUT2D eigenvalue weighted by molar-refractivity contribution is -0.132. The number of carbonyl (C=O) groups is 4. The van der Waals surface area contributed by atoms with Crippen LogP contribution in [0.3, 0.4) is 0 Å². The van der Waals surface area contributed by atoms with Crippen molar-refractivity contribution in [3.63, 3.8) is 0 Å². The number of aliphatic carboxylic acids is 1. The summed E-state index contributed by atoms with van der Waals surface area (Å²) in [5.41, 5.74) is 0.0490. The Labute approximate surface area is 166 Å². The number of carboxylic acid groups (broad SMARTS) is 1. The number of imide groups is 1. The quantitative estimate of drug-likeness (QED) is 0.632. The van der Waals surface area contributed by atoms with Gasteiger partial charge in [-0.15, -0.1) is 0 Å². The van der Waals surface area contributed by atoms with Crippen molar-refractivity contribution in [1.29, 1.82) is 0 Å². The Kier molecular flexibility index (Phi) is 4.37. The van der Waals surface area contributed by atoms with Gasteiger partial charge in [-0.1, -0.05) is 24.3 Å². The summed E-state index contributed by atoms with van der Waals surface area (Å²) < 4.78 is 5.18. The number of nitrogens with zero attached hydrogens (tertiary/aromatic N) is 1. The van der Waals surface area contributed by atoms with Gasteiger partial charge in [-0.2, -0.15) is 0 Å². The summed E-state index contributed by atoms with van der Waals surface area (Å²) in [5.74, 6) is -1.79. The number of ether oxygens (including phenoxy) is 1. The Hall–Kier alpha value is -3.62. The number of fused-ring (bicyclic) bond motifs is 1. The highest BCUT2D eigenvalue weighted by molar-refractivity contribution is 6.08. The van der Waals surface area contributed by atoms with Gasteiger partial charge in [0.1, 0.15) is 11.3 Å². The smallest absolute Gasteiger partial charge is 0.335 e. The van der Waals surface area contributed by atoms with E-state index in [1.54, 1.807) is 24.3 Å². The van der Waals surface area contributed by atoms with Crippen molar-refractivity contribution in [2.45, 2.75) is 18.5 Å². The molecule has 3 aliphatic rings. The Bertz CT molecular complexity index is 998. The van der Waals surface area contributed by atoms with Crippen molar-refractivity contribution in [3.8, 4) is 5.75 Å². The fraction of sp³-hybridized carbons (Fsp3) is 0.300. The fourth-order valence-corrected chi connectivity index (χ4v) is 4.04. The van der Waals surface area contributed by atoms with Gasteiger partial charge in [0.2, 0.25) is 0 Å². The van der Waals surface area contributed by atoms with E-state index in [9.17, 15) is 19.2 Å². The second-order valence-corrected chi connectivity index (χ2v) is 7.23.